The van der Waals surface area contributed by atoms with Gasteiger partial charge in [-0.05, 0) is 44.5 Å². The van der Waals surface area contributed by atoms with E-state index in [2.05, 4.69) is 10.5 Å². The Kier molecular flexibility index (Phi) is 5.57. The quantitative estimate of drug-likeness (QED) is 0.807. The van der Waals surface area contributed by atoms with Crippen molar-refractivity contribution in [3.63, 3.8) is 0 Å². The Morgan fingerprint density at radius 1 is 1.29 bits per heavy atom. The largest absolute Gasteiger partial charge is 0.489 e. The molecule has 0 aliphatic rings. The van der Waals surface area contributed by atoms with Crippen LogP contribution in [0.3, 0.4) is 0 Å². The lowest BCUT2D eigenvalue weighted by atomic mass is 10.1. The number of ether oxygens (including phenoxy) is 1. The van der Waals surface area contributed by atoms with E-state index in [4.69, 9.17) is 14.4 Å². The number of hydrogen-bond acceptors (Lipinski definition) is 5. The van der Waals surface area contributed by atoms with E-state index in [0.29, 0.717) is 30.1 Å². The monoisotopic (exact) mass is 332 g/mol. The lowest BCUT2D eigenvalue weighted by molar-refractivity contribution is -0.139. The average Bonchev–Trinajstić information content (AvgIpc) is 2.89. The van der Waals surface area contributed by atoms with Crippen LogP contribution < -0.4 is 10.1 Å². The van der Waals surface area contributed by atoms with E-state index >= 15 is 0 Å². The van der Waals surface area contributed by atoms with Gasteiger partial charge in [-0.2, -0.15) is 0 Å². The maximum absolute atomic E-state index is 12.0. The normalized spacial score (nSPS) is 11.8. The molecule has 24 heavy (non-hydrogen) atoms. The molecule has 7 heteroatoms. The highest BCUT2D eigenvalue weighted by Crippen LogP contribution is 2.18. The Morgan fingerprint density at radius 2 is 1.96 bits per heavy atom. The van der Waals surface area contributed by atoms with Gasteiger partial charge in [0.1, 0.15) is 24.2 Å². The van der Waals surface area contributed by atoms with E-state index in [1.54, 1.807) is 31.2 Å². The third-order valence-electron chi connectivity index (χ3n) is 3.69. The van der Waals surface area contributed by atoms with E-state index in [1.807, 2.05) is 13.8 Å². The van der Waals surface area contributed by atoms with Gasteiger partial charge in [0.05, 0.1) is 11.3 Å². The Bertz CT molecular complexity index is 702. The summed E-state index contributed by atoms with van der Waals surface area (Å²) >= 11 is 0. The topological polar surface area (TPSA) is 102 Å². The fourth-order valence-corrected chi connectivity index (χ4v) is 2.15. The highest BCUT2D eigenvalue weighted by Gasteiger charge is 2.18. The van der Waals surface area contributed by atoms with Crippen LogP contribution in [0, 0.1) is 13.8 Å². The third-order valence-corrected chi connectivity index (χ3v) is 3.69. The minimum absolute atomic E-state index is 0.319. The fraction of sp³-hybridized carbons (Fsp3) is 0.353. The predicted molar refractivity (Wildman–Crippen MR) is 85.9 cm³/mol. The van der Waals surface area contributed by atoms with E-state index in [-0.39, 0.29) is 0 Å². The number of hydrogen-bond donors (Lipinski definition) is 2. The predicted octanol–water partition coefficient (Wildman–Crippen LogP) is 2.46. The van der Waals surface area contributed by atoms with Crippen molar-refractivity contribution in [1.82, 2.24) is 10.5 Å². The number of aryl methyl sites for hydroxylation is 2. The Balaban J connectivity index is 1.97. The molecular weight excluding hydrogens is 312 g/mol. The summed E-state index contributed by atoms with van der Waals surface area (Å²) in [5.41, 5.74) is 2.05. The number of carboxylic acids is 1. The molecule has 1 heterocycles. The van der Waals surface area contributed by atoms with Crippen LogP contribution in [0.1, 0.15) is 40.7 Å². The molecule has 1 aromatic carbocycles. The maximum Gasteiger partial charge on any atom is 0.326 e. The fourth-order valence-electron chi connectivity index (χ4n) is 2.15. The number of carboxylic acid groups (broad SMARTS) is 1. The molecular formula is C17H20N2O5. The molecule has 0 saturated carbocycles. The minimum Gasteiger partial charge on any atom is -0.489 e. The van der Waals surface area contributed by atoms with Gasteiger partial charge >= 0.3 is 5.97 Å². The van der Waals surface area contributed by atoms with Crippen LogP contribution in [0.5, 0.6) is 5.75 Å². The molecule has 0 unspecified atom stereocenters. The van der Waals surface area contributed by atoms with E-state index < -0.39 is 17.9 Å². The van der Waals surface area contributed by atoms with Gasteiger partial charge in [-0.25, -0.2) is 4.79 Å². The molecule has 1 aromatic heterocycles. The second-order valence-electron chi connectivity index (χ2n) is 5.39. The molecule has 2 aromatic rings. The highest BCUT2D eigenvalue weighted by molar-refractivity contribution is 5.96. The number of nitrogens with one attached hydrogen (secondary N) is 1. The third kappa shape index (κ3) is 4.13. The summed E-state index contributed by atoms with van der Waals surface area (Å²) in [6.45, 7) is 5.68. The first kappa shape index (κ1) is 17.5. The number of rotatable bonds is 7. The zero-order chi connectivity index (χ0) is 17.7. The number of nitrogens with zero attached hydrogens (tertiary/aromatic N) is 1. The van der Waals surface area contributed by atoms with E-state index in [9.17, 15) is 9.59 Å². The lowest BCUT2D eigenvalue weighted by Crippen LogP contribution is -2.40. The van der Waals surface area contributed by atoms with Crippen molar-refractivity contribution in [2.45, 2.75) is 39.8 Å². The molecule has 128 valence electrons. The zero-order valence-electron chi connectivity index (χ0n) is 13.8. The van der Waals surface area contributed by atoms with Gasteiger partial charge in [0, 0.05) is 5.56 Å². The molecule has 0 fully saturated rings. The lowest BCUT2D eigenvalue weighted by Gasteiger charge is -2.12. The number of carbonyl (C=O) groups is 2. The standard InChI is InChI=1S/C17H20N2O5/c1-4-15(17(21)22)18-16(20)12-5-7-13(8-6-12)23-9-14-10(2)19-24-11(14)3/h5-8,15H,4,9H2,1-3H3,(H,18,20)(H,21,22)/t15-/m1/s1. The Hall–Kier alpha value is -2.83. The van der Waals surface area contributed by atoms with E-state index in [1.165, 1.54) is 0 Å². The summed E-state index contributed by atoms with van der Waals surface area (Å²) < 4.78 is 10.7. The van der Waals surface area contributed by atoms with Gasteiger partial charge in [0.25, 0.3) is 5.91 Å². The Labute approximate surface area is 139 Å². The molecule has 0 aliphatic carbocycles. The van der Waals surface area contributed by atoms with Crippen LogP contribution in [0.4, 0.5) is 0 Å². The molecule has 0 spiro atoms. The zero-order valence-corrected chi connectivity index (χ0v) is 13.8. The van der Waals surface area contributed by atoms with Gasteiger partial charge in [0.15, 0.2) is 0 Å². The van der Waals surface area contributed by atoms with Crippen LogP contribution in [0.2, 0.25) is 0 Å². The number of aliphatic carboxylic acids is 1. The second kappa shape index (κ2) is 7.63. The summed E-state index contributed by atoms with van der Waals surface area (Å²) in [7, 11) is 0. The molecule has 7 nitrogen and oxygen atoms in total. The molecule has 2 rings (SSSR count). The molecule has 1 amide bonds. The first-order valence-electron chi connectivity index (χ1n) is 7.60. The summed E-state index contributed by atoms with van der Waals surface area (Å²) in [6, 6.07) is 5.61. The molecule has 0 saturated heterocycles. The van der Waals surface area contributed by atoms with Crippen molar-refractivity contribution < 1.29 is 24.0 Å². The van der Waals surface area contributed by atoms with Crippen LogP contribution in [0.25, 0.3) is 0 Å². The number of aromatic nitrogens is 1. The summed E-state index contributed by atoms with van der Waals surface area (Å²) in [5, 5.41) is 15.3. The second-order valence-corrected chi connectivity index (χ2v) is 5.39. The van der Waals surface area contributed by atoms with Crippen LogP contribution in [-0.4, -0.2) is 28.2 Å². The van der Waals surface area contributed by atoms with Gasteiger partial charge < -0.3 is 19.7 Å². The SMILES string of the molecule is CC[C@@H](NC(=O)c1ccc(OCc2c(C)noc2C)cc1)C(=O)O. The van der Waals surface area contributed by atoms with Crippen molar-refractivity contribution in [3.05, 3.63) is 46.8 Å². The highest BCUT2D eigenvalue weighted by atomic mass is 16.5. The van der Waals surface area contributed by atoms with Gasteiger partial charge in [-0.3, -0.25) is 4.79 Å². The van der Waals surface area contributed by atoms with Crippen molar-refractivity contribution in [3.8, 4) is 5.75 Å². The number of benzene rings is 1. The van der Waals surface area contributed by atoms with Gasteiger partial charge in [-0.15, -0.1) is 0 Å². The maximum atomic E-state index is 12.0. The number of amides is 1. The molecule has 2 N–H and O–H groups in total. The van der Waals surface area contributed by atoms with Crippen molar-refractivity contribution >= 4 is 11.9 Å². The molecule has 0 radical (unpaired) electrons. The van der Waals surface area contributed by atoms with Crippen LogP contribution >= 0.6 is 0 Å². The van der Waals surface area contributed by atoms with Gasteiger partial charge in [-0.1, -0.05) is 12.1 Å². The van der Waals surface area contributed by atoms with Crippen molar-refractivity contribution in [1.29, 1.82) is 0 Å². The average molecular weight is 332 g/mol. The summed E-state index contributed by atoms with van der Waals surface area (Å²) in [4.78, 5) is 23.0. The summed E-state index contributed by atoms with van der Waals surface area (Å²) in [5.74, 6) is -0.175. The molecule has 0 aliphatic heterocycles. The van der Waals surface area contributed by atoms with E-state index in [0.717, 1.165) is 11.3 Å². The summed E-state index contributed by atoms with van der Waals surface area (Å²) in [6.07, 6.45) is 0.319. The van der Waals surface area contributed by atoms with Crippen molar-refractivity contribution in [2.24, 2.45) is 0 Å². The van der Waals surface area contributed by atoms with Crippen LogP contribution in [-0.2, 0) is 11.4 Å². The minimum atomic E-state index is -1.05. The molecule has 1 atom stereocenters. The smallest absolute Gasteiger partial charge is 0.326 e. The number of carbonyl (C=O) groups excluding carboxylic acids is 1. The van der Waals surface area contributed by atoms with Crippen molar-refractivity contribution in [2.75, 3.05) is 0 Å². The molecule has 0 bridgehead atoms. The van der Waals surface area contributed by atoms with Gasteiger partial charge in [0.2, 0.25) is 0 Å². The Morgan fingerprint density at radius 3 is 2.46 bits per heavy atom. The van der Waals surface area contributed by atoms with Crippen LogP contribution in [0.15, 0.2) is 28.8 Å². The first-order chi connectivity index (χ1) is 11.4. The first-order valence-corrected chi connectivity index (χ1v) is 7.60.